The van der Waals surface area contributed by atoms with Crippen LogP contribution in [-0.2, 0) is 10.8 Å². The Balaban J connectivity index is 1.80. The number of carbonyl (C=O) groups is 1. The molecule has 1 aliphatic carbocycles. The number of methoxy groups -OCH3 is 1. The number of hydrogen-bond donors (Lipinski definition) is 0. The molecule has 0 aliphatic heterocycles. The zero-order valence-corrected chi connectivity index (χ0v) is 18.6. The number of benzene rings is 3. The Morgan fingerprint density at radius 2 is 1.34 bits per heavy atom. The number of ether oxygens (including phenoxy) is 1. The van der Waals surface area contributed by atoms with E-state index in [1.54, 1.807) is 14.0 Å². The molecule has 160 valence electrons. The first-order valence-electron chi connectivity index (χ1n) is 10.9. The number of carbonyl (C=O) groups excluding carboxylic acids is 1. The van der Waals surface area contributed by atoms with E-state index in [0.717, 1.165) is 23.5 Å². The van der Waals surface area contributed by atoms with Gasteiger partial charge < -0.3 is 9.15 Å². The van der Waals surface area contributed by atoms with Crippen molar-refractivity contribution in [3.8, 4) is 5.75 Å². The number of rotatable bonds is 6. The normalized spacial score (nSPS) is 18.8. The molecule has 1 atom stereocenters. The third kappa shape index (κ3) is 2.85. The van der Waals surface area contributed by atoms with Crippen LogP contribution in [0.4, 0.5) is 0 Å². The van der Waals surface area contributed by atoms with Crippen molar-refractivity contribution in [2.75, 3.05) is 7.11 Å². The molecule has 3 aromatic carbocycles. The number of hydrogen-bond acceptors (Lipinski definition) is 3. The molecular formula is C29H26O3. The van der Waals surface area contributed by atoms with Crippen molar-refractivity contribution in [2.45, 2.75) is 31.1 Å². The number of ketones is 1. The summed E-state index contributed by atoms with van der Waals surface area (Å²) < 4.78 is 11.8. The molecule has 1 fully saturated rings. The monoisotopic (exact) mass is 422 g/mol. The van der Waals surface area contributed by atoms with Crippen LogP contribution in [0, 0.1) is 6.92 Å². The van der Waals surface area contributed by atoms with Gasteiger partial charge in [-0.3, -0.25) is 4.79 Å². The molecule has 4 aromatic rings. The van der Waals surface area contributed by atoms with Crippen molar-refractivity contribution in [1.29, 1.82) is 0 Å². The lowest BCUT2D eigenvalue weighted by molar-refractivity contribution is 0.101. The molecule has 0 amide bonds. The van der Waals surface area contributed by atoms with E-state index >= 15 is 0 Å². The van der Waals surface area contributed by atoms with Gasteiger partial charge in [-0.1, -0.05) is 72.8 Å². The van der Waals surface area contributed by atoms with E-state index in [0.29, 0.717) is 11.3 Å². The van der Waals surface area contributed by atoms with E-state index in [1.807, 2.05) is 37.3 Å². The van der Waals surface area contributed by atoms with Crippen molar-refractivity contribution in [3.05, 3.63) is 125 Å². The van der Waals surface area contributed by atoms with E-state index in [-0.39, 0.29) is 11.2 Å². The second-order valence-electron chi connectivity index (χ2n) is 8.58. The van der Waals surface area contributed by atoms with Gasteiger partial charge in [-0.25, -0.2) is 0 Å². The maximum absolute atomic E-state index is 12.3. The van der Waals surface area contributed by atoms with Crippen molar-refractivity contribution in [2.24, 2.45) is 0 Å². The quantitative estimate of drug-likeness (QED) is 0.334. The van der Waals surface area contributed by atoms with Gasteiger partial charge in [0, 0.05) is 5.41 Å². The second-order valence-corrected chi connectivity index (χ2v) is 8.58. The molecular weight excluding hydrogens is 396 g/mol. The van der Waals surface area contributed by atoms with Crippen molar-refractivity contribution in [3.63, 3.8) is 0 Å². The Labute approximate surface area is 188 Å². The van der Waals surface area contributed by atoms with Gasteiger partial charge in [-0.15, -0.1) is 0 Å². The highest BCUT2D eigenvalue weighted by atomic mass is 16.5. The highest BCUT2D eigenvalue weighted by Crippen LogP contribution is 2.72. The molecule has 0 spiro atoms. The lowest BCUT2D eigenvalue weighted by atomic mass is 9.76. The first-order valence-corrected chi connectivity index (χ1v) is 10.9. The summed E-state index contributed by atoms with van der Waals surface area (Å²) in [6.45, 7) is 3.47. The first-order chi connectivity index (χ1) is 15.5. The molecule has 1 aromatic heterocycles. The van der Waals surface area contributed by atoms with E-state index in [2.05, 4.69) is 60.7 Å². The van der Waals surface area contributed by atoms with E-state index < -0.39 is 5.41 Å². The topological polar surface area (TPSA) is 39.4 Å². The Kier molecular flexibility index (Phi) is 4.78. The standard InChI is InChI=1S/C29H26O3/c1-20(30)26-18-27(32-21(26)2)29(24-14-16-25(31-3)17-15-24)19-28(29,22-10-6-4-7-11-22)23-12-8-5-9-13-23/h4-18H,19H2,1-3H3/t29-/m1/s1. The molecule has 5 rings (SSSR count). The molecule has 3 heteroatoms. The minimum atomic E-state index is -0.430. The SMILES string of the molecule is COc1ccc([C@@]2(c3cc(C(C)=O)c(C)o3)CC2(c2ccccc2)c2ccccc2)cc1. The fraction of sp³-hybridized carbons (Fsp3) is 0.207. The smallest absolute Gasteiger partial charge is 0.163 e. The molecule has 1 saturated carbocycles. The summed E-state index contributed by atoms with van der Waals surface area (Å²) in [5.41, 5.74) is 3.54. The minimum absolute atomic E-state index is 0.0213. The van der Waals surface area contributed by atoms with Crippen molar-refractivity contribution < 1.29 is 13.9 Å². The van der Waals surface area contributed by atoms with Gasteiger partial charge >= 0.3 is 0 Å². The number of Topliss-reactive ketones (excluding diaryl/α,β-unsaturated/α-hetero) is 1. The van der Waals surface area contributed by atoms with Crippen LogP contribution in [0.25, 0.3) is 0 Å². The molecule has 0 unspecified atom stereocenters. The highest BCUT2D eigenvalue weighted by Gasteiger charge is 2.72. The van der Waals surface area contributed by atoms with Crippen LogP contribution in [0.3, 0.4) is 0 Å². The predicted molar refractivity (Wildman–Crippen MR) is 126 cm³/mol. The third-order valence-corrected chi connectivity index (χ3v) is 6.97. The molecule has 1 heterocycles. The zero-order valence-electron chi connectivity index (χ0n) is 18.6. The fourth-order valence-electron chi connectivity index (χ4n) is 5.37. The maximum atomic E-state index is 12.3. The van der Waals surface area contributed by atoms with Crippen LogP contribution < -0.4 is 4.74 Å². The summed E-state index contributed by atoms with van der Waals surface area (Å²) in [6.07, 6.45) is 0.852. The van der Waals surface area contributed by atoms with Crippen molar-refractivity contribution >= 4 is 5.78 Å². The molecule has 0 saturated heterocycles. The van der Waals surface area contributed by atoms with Crippen LogP contribution in [0.1, 0.15) is 51.9 Å². The van der Waals surface area contributed by atoms with Gasteiger partial charge in [0.15, 0.2) is 5.78 Å². The predicted octanol–water partition coefficient (Wildman–Crippen LogP) is 6.48. The van der Waals surface area contributed by atoms with E-state index in [4.69, 9.17) is 9.15 Å². The van der Waals surface area contributed by atoms with E-state index in [1.165, 1.54) is 11.1 Å². The third-order valence-electron chi connectivity index (χ3n) is 6.97. The van der Waals surface area contributed by atoms with Gasteiger partial charge in [0.05, 0.1) is 18.1 Å². The van der Waals surface area contributed by atoms with Gasteiger partial charge in [0.2, 0.25) is 0 Å². The number of aryl methyl sites for hydroxylation is 1. The molecule has 32 heavy (non-hydrogen) atoms. The summed E-state index contributed by atoms with van der Waals surface area (Å²) in [7, 11) is 1.68. The summed E-state index contributed by atoms with van der Waals surface area (Å²) >= 11 is 0. The average molecular weight is 423 g/mol. The summed E-state index contributed by atoms with van der Waals surface area (Å²) in [5.74, 6) is 2.34. The molecule has 0 N–H and O–H groups in total. The summed E-state index contributed by atoms with van der Waals surface area (Å²) in [6, 6.07) is 31.4. The molecule has 3 nitrogen and oxygen atoms in total. The first kappa shape index (κ1) is 20.3. The average Bonchev–Trinajstić information content (AvgIpc) is 3.40. The van der Waals surface area contributed by atoms with E-state index in [9.17, 15) is 4.79 Å². The van der Waals surface area contributed by atoms with Crippen LogP contribution in [0.5, 0.6) is 5.75 Å². The largest absolute Gasteiger partial charge is 0.497 e. The van der Waals surface area contributed by atoms with Crippen LogP contribution in [0.15, 0.2) is 95.4 Å². The Morgan fingerprint density at radius 3 is 1.81 bits per heavy atom. The molecule has 1 aliphatic rings. The van der Waals surface area contributed by atoms with Crippen LogP contribution in [0.2, 0.25) is 0 Å². The summed E-state index contributed by atoms with van der Waals surface area (Å²) in [4.78, 5) is 12.3. The van der Waals surface area contributed by atoms with Gasteiger partial charge in [0.1, 0.15) is 17.3 Å². The number of furan rings is 1. The highest BCUT2D eigenvalue weighted by molar-refractivity contribution is 5.95. The Hall–Kier alpha value is -3.59. The van der Waals surface area contributed by atoms with Crippen molar-refractivity contribution in [1.82, 2.24) is 0 Å². The molecule has 0 radical (unpaired) electrons. The lowest BCUT2D eigenvalue weighted by Crippen LogP contribution is -2.25. The zero-order chi connectivity index (χ0) is 22.3. The van der Waals surface area contributed by atoms with Gasteiger partial charge in [-0.05, 0) is 55.2 Å². The lowest BCUT2D eigenvalue weighted by Gasteiger charge is -2.27. The second kappa shape index (κ2) is 7.52. The summed E-state index contributed by atoms with van der Waals surface area (Å²) in [5, 5.41) is 0. The van der Waals surface area contributed by atoms with Crippen LogP contribution >= 0.6 is 0 Å². The maximum Gasteiger partial charge on any atom is 0.163 e. The minimum Gasteiger partial charge on any atom is -0.497 e. The fourth-order valence-corrected chi connectivity index (χ4v) is 5.37. The Bertz CT molecular complexity index is 1210. The van der Waals surface area contributed by atoms with Gasteiger partial charge in [0.25, 0.3) is 0 Å². The Morgan fingerprint density at radius 1 is 0.812 bits per heavy atom. The van der Waals surface area contributed by atoms with Crippen LogP contribution in [-0.4, -0.2) is 12.9 Å². The molecule has 0 bridgehead atoms. The van der Waals surface area contributed by atoms with Gasteiger partial charge in [-0.2, -0.15) is 0 Å².